The number of nitrogens with zero attached hydrogens (tertiary/aromatic N) is 1. The van der Waals surface area contributed by atoms with Gasteiger partial charge in [0.15, 0.2) is 0 Å². The molecule has 0 saturated carbocycles. The van der Waals surface area contributed by atoms with Crippen molar-refractivity contribution in [3.8, 4) is 11.8 Å². The molecular weight excluding hydrogens is 280 g/mol. The molecule has 1 heterocycles. The number of thioether (sulfide) groups is 1. The van der Waals surface area contributed by atoms with Gasteiger partial charge in [-0.1, -0.05) is 30.0 Å². The normalized spacial score (nSPS) is 14.5. The van der Waals surface area contributed by atoms with Crippen molar-refractivity contribution in [1.82, 2.24) is 10.2 Å². The Morgan fingerprint density at radius 2 is 1.95 bits per heavy atom. The van der Waals surface area contributed by atoms with E-state index in [1.807, 2.05) is 18.2 Å². The van der Waals surface area contributed by atoms with E-state index in [0.29, 0.717) is 13.0 Å². The molecule has 0 bridgehead atoms. The number of rotatable bonds is 6. The van der Waals surface area contributed by atoms with Gasteiger partial charge in [-0.05, 0) is 38.1 Å². The fourth-order valence-electron chi connectivity index (χ4n) is 2.18. The van der Waals surface area contributed by atoms with Gasteiger partial charge in [-0.2, -0.15) is 0 Å². The monoisotopic (exact) mass is 302 g/mol. The van der Waals surface area contributed by atoms with Gasteiger partial charge in [0.2, 0.25) is 5.91 Å². The summed E-state index contributed by atoms with van der Waals surface area (Å²) >= 11 is 1.71. The van der Waals surface area contributed by atoms with E-state index in [0.717, 1.165) is 25.4 Å². The van der Waals surface area contributed by atoms with Gasteiger partial charge in [-0.25, -0.2) is 0 Å². The summed E-state index contributed by atoms with van der Waals surface area (Å²) in [7, 11) is 0. The molecule has 4 heteroatoms. The lowest BCUT2D eigenvalue weighted by atomic mass is 10.4. The summed E-state index contributed by atoms with van der Waals surface area (Å²) in [5.74, 6) is 7.02. The average molecular weight is 302 g/mol. The second-order valence-corrected chi connectivity index (χ2v) is 6.19. The maximum absolute atomic E-state index is 11.6. The lowest BCUT2D eigenvalue weighted by Crippen LogP contribution is -2.24. The third kappa shape index (κ3) is 6.70. The lowest BCUT2D eigenvalue weighted by Gasteiger charge is -2.08. The fourth-order valence-corrected chi connectivity index (χ4v) is 3.05. The average Bonchev–Trinajstić information content (AvgIpc) is 3.01. The standard InChI is InChI=1S/C17H22N2OS/c20-17(10-15-21-16-8-2-1-3-9-16)18-11-4-5-12-19-13-6-7-14-19/h1-3,8-9H,6-7,10-15H2,(H,18,20). The van der Waals surface area contributed by atoms with Crippen LogP contribution in [0.4, 0.5) is 0 Å². The molecule has 0 atom stereocenters. The maximum Gasteiger partial charge on any atom is 0.221 e. The van der Waals surface area contributed by atoms with E-state index < -0.39 is 0 Å². The number of amides is 1. The molecule has 1 fully saturated rings. The van der Waals surface area contributed by atoms with Crippen LogP contribution in [0, 0.1) is 11.8 Å². The van der Waals surface area contributed by atoms with Gasteiger partial charge in [0, 0.05) is 17.1 Å². The van der Waals surface area contributed by atoms with E-state index in [-0.39, 0.29) is 5.91 Å². The van der Waals surface area contributed by atoms with Crippen LogP contribution in [0.2, 0.25) is 0 Å². The Hall–Kier alpha value is -1.44. The Morgan fingerprint density at radius 3 is 2.71 bits per heavy atom. The molecule has 1 aromatic carbocycles. The van der Waals surface area contributed by atoms with Crippen LogP contribution >= 0.6 is 11.8 Å². The first-order valence-electron chi connectivity index (χ1n) is 7.47. The SMILES string of the molecule is O=C(CCSc1ccccc1)NCC#CCN1CCCC1. The minimum Gasteiger partial charge on any atom is -0.345 e. The van der Waals surface area contributed by atoms with Crippen LogP contribution in [0.5, 0.6) is 0 Å². The second kappa shape index (κ2) is 9.49. The van der Waals surface area contributed by atoms with Gasteiger partial charge < -0.3 is 5.32 Å². The molecule has 1 aromatic rings. The summed E-state index contributed by atoms with van der Waals surface area (Å²) in [5, 5.41) is 2.85. The molecule has 0 unspecified atom stereocenters. The van der Waals surface area contributed by atoms with E-state index >= 15 is 0 Å². The van der Waals surface area contributed by atoms with Gasteiger partial charge in [-0.15, -0.1) is 11.8 Å². The molecule has 0 radical (unpaired) electrons. The highest BCUT2D eigenvalue weighted by Crippen LogP contribution is 2.17. The van der Waals surface area contributed by atoms with Gasteiger partial charge in [0.1, 0.15) is 0 Å². The molecule has 1 saturated heterocycles. The van der Waals surface area contributed by atoms with Gasteiger partial charge in [0.05, 0.1) is 13.1 Å². The number of nitrogens with one attached hydrogen (secondary N) is 1. The topological polar surface area (TPSA) is 32.3 Å². The van der Waals surface area contributed by atoms with E-state index in [9.17, 15) is 4.79 Å². The van der Waals surface area contributed by atoms with E-state index in [1.54, 1.807) is 11.8 Å². The third-order valence-corrected chi connectivity index (χ3v) is 4.36. The Labute approximate surface area is 131 Å². The molecule has 3 nitrogen and oxygen atoms in total. The van der Waals surface area contributed by atoms with Crippen LogP contribution in [-0.2, 0) is 4.79 Å². The smallest absolute Gasteiger partial charge is 0.221 e. The summed E-state index contributed by atoms with van der Waals surface area (Å²) in [6.45, 7) is 3.62. The summed E-state index contributed by atoms with van der Waals surface area (Å²) < 4.78 is 0. The highest BCUT2D eigenvalue weighted by atomic mass is 32.2. The van der Waals surface area contributed by atoms with Crippen LogP contribution in [0.25, 0.3) is 0 Å². The van der Waals surface area contributed by atoms with Crippen molar-refractivity contribution in [2.75, 3.05) is 31.9 Å². The molecule has 0 aliphatic carbocycles. The number of likely N-dealkylation sites (tertiary alicyclic amines) is 1. The number of hydrogen-bond donors (Lipinski definition) is 1. The van der Waals surface area contributed by atoms with Crippen molar-refractivity contribution >= 4 is 17.7 Å². The Kier molecular flexibility index (Phi) is 7.20. The van der Waals surface area contributed by atoms with E-state index in [2.05, 4.69) is 34.2 Å². The van der Waals surface area contributed by atoms with Crippen LogP contribution in [0.3, 0.4) is 0 Å². The predicted molar refractivity (Wildman–Crippen MR) is 88.2 cm³/mol. The molecule has 21 heavy (non-hydrogen) atoms. The zero-order chi connectivity index (χ0) is 14.8. The molecule has 1 amide bonds. The van der Waals surface area contributed by atoms with Crippen LogP contribution < -0.4 is 5.32 Å². The molecule has 0 spiro atoms. The maximum atomic E-state index is 11.6. The van der Waals surface area contributed by atoms with Crippen molar-refractivity contribution in [2.24, 2.45) is 0 Å². The quantitative estimate of drug-likeness (QED) is 0.647. The molecule has 0 aromatic heterocycles. The fraction of sp³-hybridized carbons (Fsp3) is 0.471. The predicted octanol–water partition coefficient (Wildman–Crippen LogP) is 2.38. The van der Waals surface area contributed by atoms with Crippen molar-refractivity contribution in [1.29, 1.82) is 0 Å². The first-order chi connectivity index (χ1) is 10.3. The highest BCUT2D eigenvalue weighted by molar-refractivity contribution is 7.99. The number of carbonyl (C=O) groups is 1. The van der Waals surface area contributed by atoms with Crippen LogP contribution in [0.15, 0.2) is 35.2 Å². The molecule has 1 aliphatic heterocycles. The first-order valence-corrected chi connectivity index (χ1v) is 8.46. The highest BCUT2D eigenvalue weighted by Gasteiger charge is 2.08. The molecule has 1 aliphatic rings. The number of benzene rings is 1. The van der Waals surface area contributed by atoms with Gasteiger partial charge in [-0.3, -0.25) is 9.69 Å². The van der Waals surface area contributed by atoms with Crippen LogP contribution in [-0.4, -0.2) is 42.7 Å². The Balaban J connectivity index is 1.52. The van der Waals surface area contributed by atoms with Crippen molar-refractivity contribution < 1.29 is 4.79 Å². The Morgan fingerprint density at radius 1 is 1.19 bits per heavy atom. The number of hydrogen-bond acceptors (Lipinski definition) is 3. The van der Waals surface area contributed by atoms with Crippen molar-refractivity contribution in [3.63, 3.8) is 0 Å². The molecule has 2 rings (SSSR count). The summed E-state index contributed by atoms with van der Waals surface area (Å²) in [4.78, 5) is 15.2. The zero-order valence-electron chi connectivity index (χ0n) is 12.3. The van der Waals surface area contributed by atoms with E-state index in [1.165, 1.54) is 17.7 Å². The third-order valence-electron chi connectivity index (χ3n) is 3.34. The van der Waals surface area contributed by atoms with Crippen molar-refractivity contribution in [2.45, 2.75) is 24.2 Å². The molecule has 112 valence electrons. The summed E-state index contributed by atoms with van der Waals surface area (Å²) in [5.41, 5.74) is 0. The van der Waals surface area contributed by atoms with Gasteiger partial charge in [0.25, 0.3) is 0 Å². The zero-order valence-corrected chi connectivity index (χ0v) is 13.1. The largest absolute Gasteiger partial charge is 0.345 e. The first kappa shape index (κ1) is 15.9. The number of carbonyl (C=O) groups excluding carboxylic acids is 1. The Bertz CT molecular complexity index is 487. The van der Waals surface area contributed by atoms with Crippen molar-refractivity contribution in [3.05, 3.63) is 30.3 Å². The second-order valence-electron chi connectivity index (χ2n) is 5.03. The van der Waals surface area contributed by atoms with E-state index in [4.69, 9.17) is 0 Å². The molecule has 1 N–H and O–H groups in total. The van der Waals surface area contributed by atoms with Gasteiger partial charge >= 0.3 is 0 Å². The molecular formula is C17H22N2OS. The summed E-state index contributed by atoms with van der Waals surface area (Å²) in [6, 6.07) is 10.1. The van der Waals surface area contributed by atoms with Crippen LogP contribution in [0.1, 0.15) is 19.3 Å². The summed E-state index contributed by atoms with van der Waals surface area (Å²) in [6.07, 6.45) is 3.11. The lowest BCUT2D eigenvalue weighted by molar-refractivity contribution is -0.120. The minimum atomic E-state index is 0.0777. The minimum absolute atomic E-state index is 0.0777.